The van der Waals surface area contributed by atoms with Gasteiger partial charge >= 0.3 is 0 Å². The summed E-state index contributed by atoms with van der Waals surface area (Å²) in [6.45, 7) is 7.18. The Bertz CT molecular complexity index is 623. The maximum Gasteiger partial charge on any atom is 0.146 e. The number of nitrogens with one attached hydrogen (secondary N) is 1. The minimum absolute atomic E-state index is 0.406. The lowest BCUT2D eigenvalue weighted by Crippen LogP contribution is -2.04. The molecule has 0 saturated heterocycles. The average molecular weight is 304 g/mol. The van der Waals surface area contributed by atoms with Crippen molar-refractivity contribution in [2.75, 3.05) is 7.05 Å². The summed E-state index contributed by atoms with van der Waals surface area (Å²) in [5.41, 5.74) is 3.51. The van der Waals surface area contributed by atoms with Gasteiger partial charge in [-0.1, -0.05) is 43.6 Å². The van der Waals surface area contributed by atoms with Gasteiger partial charge in [0.2, 0.25) is 0 Å². The summed E-state index contributed by atoms with van der Waals surface area (Å²) in [6, 6.07) is 12.2. The zero-order chi connectivity index (χ0) is 15.4. The first-order valence-corrected chi connectivity index (χ1v) is 7.60. The van der Waals surface area contributed by atoms with E-state index in [2.05, 4.69) is 44.3 Å². The smallest absolute Gasteiger partial charge is 0.146 e. The standard InChI is InChI=1S/C18H22ClNO/c1-12(2)15-7-5-13(3)9-18(15)21-17-8-6-14(11-20-4)10-16(17)19/h5-10,12,20H,11H2,1-4H3. The predicted octanol–water partition coefficient (Wildman–Crippen LogP) is 5.28. The number of hydrogen-bond donors (Lipinski definition) is 1. The number of halogens is 1. The van der Waals surface area contributed by atoms with Gasteiger partial charge in [0, 0.05) is 6.54 Å². The molecule has 0 atom stereocenters. The fourth-order valence-electron chi connectivity index (χ4n) is 2.27. The van der Waals surface area contributed by atoms with Crippen LogP contribution in [0.5, 0.6) is 11.5 Å². The minimum atomic E-state index is 0.406. The van der Waals surface area contributed by atoms with Gasteiger partial charge in [0.15, 0.2) is 0 Å². The molecule has 1 N–H and O–H groups in total. The second-order valence-corrected chi connectivity index (χ2v) is 6.00. The molecule has 0 saturated carbocycles. The molecule has 2 nitrogen and oxygen atoms in total. The molecule has 0 spiro atoms. The van der Waals surface area contributed by atoms with E-state index in [4.69, 9.17) is 16.3 Å². The number of hydrogen-bond acceptors (Lipinski definition) is 2. The summed E-state index contributed by atoms with van der Waals surface area (Å²) in [6.07, 6.45) is 0. The van der Waals surface area contributed by atoms with Gasteiger partial charge in [-0.2, -0.15) is 0 Å². The lowest BCUT2D eigenvalue weighted by Gasteiger charge is -2.16. The van der Waals surface area contributed by atoms with Gasteiger partial charge in [-0.3, -0.25) is 0 Å². The zero-order valence-electron chi connectivity index (χ0n) is 13.0. The number of aryl methyl sites for hydroxylation is 1. The molecule has 3 heteroatoms. The van der Waals surface area contributed by atoms with Crippen LogP contribution >= 0.6 is 11.6 Å². The highest BCUT2D eigenvalue weighted by Gasteiger charge is 2.11. The fourth-order valence-corrected chi connectivity index (χ4v) is 2.51. The molecule has 2 rings (SSSR count). The van der Waals surface area contributed by atoms with E-state index in [0.717, 1.165) is 17.9 Å². The SMILES string of the molecule is CNCc1ccc(Oc2cc(C)ccc2C(C)C)c(Cl)c1. The zero-order valence-corrected chi connectivity index (χ0v) is 13.8. The Morgan fingerprint density at radius 2 is 1.86 bits per heavy atom. The quantitative estimate of drug-likeness (QED) is 0.811. The summed E-state index contributed by atoms with van der Waals surface area (Å²) in [4.78, 5) is 0. The number of benzene rings is 2. The Labute approximate surface area is 132 Å². The van der Waals surface area contributed by atoms with Crippen LogP contribution in [0.25, 0.3) is 0 Å². The van der Waals surface area contributed by atoms with E-state index >= 15 is 0 Å². The van der Waals surface area contributed by atoms with E-state index in [-0.39, 0.29) is 0 Å². The van der Waals surface area contributed by atoms with Crippen LogP contribution in [0.2, 0.25) is 5.02 Å². The van der Waals surface area contributed by atoms with Gasteiger partial charge in [-0.25, -0.2) is 0 Å². The molecule has 21 heavy (non-hydrogen) atoms. The van der Waals surface area contributed by atoms with E-state index in [9.17, 15) is 0 Å². The monoisotopic (exact) mass is 303 g/mol. The van der Waals surface area contributed by atoms with Crippen molar-refractivity contribution in [3.8, 4) is 11.5 Å². The molecular formula is C18H22ClNO. The van der Waals surface area contributed by atoms with Crippen LogP contribution in [-0.2, 0) is 6.54 Å². The fraction of sp³-hybridized carbons (Fsp3) is 0.333. The van der Waals surface area contributed by atoms with Gasteiger partial charge in [0.25, 0.3) is 0 Å². The largest absolute Gasteiger partial charge is 0.455 e. The van der Waals surface area contributed by atoms with E-state index in [1.165, 1.54) is 11.1 Å². The summed E-state index contributed by atoms with van der Waals surface area (Å²) in [5.74, 6) is 1.99. The topological polar surface area (TPSA) is 21.3 Å². The molecule has 0 bridgehead atoms. The molecule has 0 radical (unpaired) electrons. The van der Waals surface area contributed by atoms with Gasteiger partial charge in [-0.05, 0) is 54.8 Å². The molecule has 0 unspecified atom stereocenters. The normalized spacial score (nSPS) is 11.0. The van der Waals surface area contributed by atoms with E-state index < -0.39 is 0 Å². The predicted molar refractivity (Wildman–Crippen MR) is 89.6 cm³/mol. The first-order chi connectivity index (χ1) is 10.0. The van der Waals surface area contributed by atoms with Gasteiger partial charge in [-0.15, -0.1) is 0 Å². The number of rotatable bonds is 5. The molecule has 2 aromatic rings. The Morgan fingerprint density at radius 1 is 1.10 bits per heavy atom. The molecule has 0 aliphatic rings. The van der Waals surface area contributed by atoms with Crippen LogP contribution in [0.3, 0.4) is 0 Å². The maximum absolute atomic E-state index is 6.33. The Hall–Kier alpha value is -1.51. The minimum Gasteiger partial charge on any atom is -0.455 e. The third-order valence-corrected chi connectivity index (χ3v) is 3.68. The average Bonchev–Trinajstić information content (AvgIpc) is 2.42. The van der Waals surface area contributed by atoms with Gasteiger partial charge < -0.3 is 10.1 Å². The Balaban J connectivity index is 2.31. The molecular weight excluding hydrogens is 282 g/mol. The second-order valence-electron chi connectivity index (χ2n) is 5.59. The molecule has 0 amide bonds. The first-order valence-electron chi connectivity index (χ1n) is 7.22. The summed E-state index contributed by atoms with van der Waals surface area (Å²) in [5, 5.41) is 3.75. The van der Waals surface area contributed by atoms with Crippen molar-refractivity contribution in [2.45, 2.75) is 33.2 Å². The van der Waals surface area contributed by atoms with Crippen LogP contribution < -0.4 is 10.1 Å². The van der Waals surface area contributed by atoms with Gasteiger partial charge in [0.1, 0.15) is 11.5 Å². The molecule has 0 heterocycles. The van der Waals surface area contributed by atoms with Crippen molar-refractivity contribution in [3.05, 3.63) is 58.1 Å². The third kappa shape index (κ3) is 3.99. The lowest BCUT2D eigenvalue weighted by molar-refractivity contribution is 0.472. The third-order valence-electron chi connectivity index (χ3n) is 3.39. The van der Waals surface area contributed by atoms with Crippen LogP contribution in [0.4, 0.5) is 0 Å². The first kappa shape index (κ1) is 15.9. The van der Waals surface area contributed by atoms with E-state index in [1.807, 2.05) is 25.2 Å². The molecule has 0 aliphatic heterocycles. The van der Waals surface area contributed by atoms with Crippen LogP contribution in [0.15, 0.2) is 36.4 Å². The van der Waals surface area contributed by atoms with Crippen LogP contribution in [0, 0.1) is 6.92 Å². The molecule has 0 aromatic heterocycles. The molecule has 0 aliphatic carbocycles. The summed E-state index contributed by atoms with van der Waals surface area (Å²) in [7, 11) is 1.92. The lowest BCUT2D eigenvalue weighted by atomic mass is 10.0. The highest BCUT2D eigenvalue weighted by Crippen LogP contribution is 2.35. The molecule has 0 fully saturated rings. The Morgan fingerprint density at radius 3 is 2.48 bits per heavy atom. The Kier molecular flexibility index (Phi) is 5.27. The molecule has 2 aromatic carbocycles. The van der Waals surface area contributed by atoms with Crippen molar-refractivity contribution in [1.82, 2.24) is 5.32 Å². The van der Waals surface area contributed by atoms with Crippen molar-refractivity contribution in [2.24, 2.45) is 0 Å². The van der Waals surface area contributed by atoms with Crippen molar-refractivity contribution in [1.29, 1.82) is 0 Å². The second kappa shape index (κ2) is 6.97. The number of ether oxygens (including phenoxy) is 1. The van der Waals surface area contributed by atoms with Crippen molar-refractivity contribution in [3.63, 3.8) is 0 Å². The molecule has 112 valence electrons. The summed E-state index contributed by atoms with van der Waals surface area (Å²) < 4.78 is 6.06. The van der Waals surface area contributed by atoms with Crippen LogP contribution in [-0.4, -0.2) is 7.05 Å². The maximum atomic E-state index is 6.33. The summed E-state index contributed by atoms with van der Waals surface area (Å²) >= 11 is 6.33. The van der Waals surface area contributed by atoms with Crippen molar-refractivity contribution >= 4 is 11.6 Å². The van der Waals surface area contributed by atoms with E-state index in [1.54, 1.807) is 0 Å². The highest BCUT2D eigenvalue weighted by atomic mass is 35.5. The highest BCUT2D eigenvalue weighted by molar-refractivity contribution is 6.32. The van der Waals surface area contributed by atoms with Crippen LogP contribution in [0.1, 0.15) is 36.5 Å². The van der Waals surface area contributed by atoms with Crippen molar-refractivity contribution < 1.29 is 4.74 Å². The van der Waals surface area contributed by atoms with E-state index in [0.29, 0.717) is 16.7 Å². The van der Waals surface area contributed by atoms with Gasteiger partial charge in [0.05, 0.1) is 5.02 Å².